The number of aromatic nitrogens is 1. The molecule has 0 aromatic carbocycles. The van der Waals surface area contributed by atoms with E-state index in [4.69, 9.17) is 0 Å². The van der Waals surface area contributed by atoms with Gasteiger partial charge in [0.05, 0.1) is 16.9 Å². The van der Waals surface area contributed by atoms with Crippen molar-refractivity contribution in [2.24, 2.45) is 0 Å². The second-order valence-corrected chi connectivity index (χ2v) is 9.94. The normalized spacial score (nSPS) is 19.7. The lowest BCUT2D eigenvalue weighted by atomic mass is 10.0. The van der Waals surface area contributed by atoms with Crippen LogP contribution in [0.4, 0.5) is 15.5 Å². The molecule has 0 unspecified atom stereocenters. The van der Waals surface area contributed by atoms with Gasteiger partial charge in [-0.25, -0.2) is 9.78 Å². The Balaban J connectivity index is 1.23. The van der Waals surface area contributed by atoms with Gasteiger partial charge in [-0.3, -0.25) is 15.0 Å². The first-order chi connectivity index (χ1) is 15.4. The van der Waals surface area contributed by atoms with E-state index in [2.05, 4.69) is 38.4 Å². The molecule has 1 aliphatic carbocycles. The van der Waals surface area contributed by atoms with Gasteiger partial charge in [0.2, 0.25) is 0 Å². The van der Waals surface area contributed by atoms with E-state index in [-0.39, 0.29) is 17.5 Å². The van der Waals surface area contributed by atoms with Crippen LogP contribution in [-0.4, -0.2) is 66.5 Å². The van der Waals surface area contributed by atoms with Crippen LogP contribution in [0.5, 0.6) is 0 Å². The van der Waals surface area contributed by atoms with E-state index in [1.807, 2.05) is 17.9 Å². The van der Waals surface area contributed by atoms with Crippen molar-refractivity contribution >= 4 is 34.0 Å². The molecule has 1 saturated heterocycles. The molecule has 2 fully saturated rings. The third-order valence-electron chi connectivity index (χ3n) is 6.92. The summed E-state index contributed by atoms with van der Waals surface area (Å²) in [7, 11) is 1.62. The topological polar surface area (TPSA) is 80.8 Å². The van der Waals surface area contributed by atoms with E-state index in [0.717, 1.165) is 68.5 Å². The van der Waals surface area contributed by atoms with Crippen molar-refractivity contribution in [2.45, 2.75) is 38.8 Å². The first kappa shape index (κ1) is 21.2. The summed E-state index contributed by atoms with van der Waals surface area (Å²) in [5.74, 6) is -0.158. The van der Waals surface area contributed by atoms with Gasteiger partial charge in [0.15, 0.2) is 0 Å². The molecule has 1 spiro atoms. The summed E-state index contributed by atoms with van der Waals surface area (Å²) >= 11 is 1.73. The number of aryl methyl sites for hydroxylation is 1. The summed E-state index contributed by atoms with van der Waals surface area (Å²) in [5, 5.41) is 6.78. The third kappa shape index (κ3) is 3.53. The van der Waals surface area contributed by atoms with Gasteiger partial charge in [-0.15, -0.1) is 11.3 Å². The summed E-state index contributed by atoms with van der Waals surface area (Å²) in [6.45, 7) is 9.48. The third-order valence-corrected chi connectivity index (χ3v) is 7.95. The zero-order valence-corrected chi connectivity index (χ0v) is 19.7. The molecule has 1 saturated carbocycles. The zero-order valence-electron chi connectivity index (χ0n) is 18.9. The molecule has 9 heteroatoms. The van der Waals surface area contributed by atoms with E-state index >= 15 is 0 Å². The number of piperazine rings is 1. The minimum absolute atomic E-state index is 0.0472. The predicted molar refractivity (Wildman–Crippen MR) is 126 cm³/mol. The van der Waals surface area contributed by atoms with Gasteiger partial charge in [0, 0.05) is 56.8 Å². The molecule has 32 heavy (non-hydrogen) atoms. The molecule has 2 aliphatic heterocycles. The van der Waals surface area contributed by atoms with E-state index < -0.39 is 0 Å². The fraction of sp³-hybridized carbons (Fsp3) is 0.522. The quantitative estimate of drug-likeness (QED) is 0.726. The Bertz CT molecular complexity index is 1050. The summed E-state index contributed by atoms with van der Waals surface area (Å²) in [5.41, 5.74) is 3.70. The Morgan fingerprint density at radius 3 is 2.62 bits per heavy atom. The molecule has 5 rings (SSSR count). The molecule has 0 bridgehead atoms. The number of fused-ring (bicyclic) bond motifs is 2. The molecule has 2 aromatic heterocycles. The second kappa shape index (κ2) is 8.04. The lowest BCUT2D eigenvalue weighted by Gasteiger charge is -2.36. The van der Waals surface area contributed by atoms with Gasteiger partial charge >= 0.3 is 6.03 Å². The van der Waals surface area contributed by atoms with Crippen LogP contribution in [0.25, 0.3) is 0 Å². The van der Waals surface area contributed by atoms with Crippen LogP contribution < -0.4 is 15.5 Å². The molecule has 3 aliphatic rings. The summed E-state index contributed by atoms with van der Waals surface area (Å²) in [6, 6.07) is 6.18. The van der Waals surface area contributed by atoms with Crippen LogP contribution in [-0.2, 0) is 12.1 Å². The highest BCUT2D eigenvalue weighted by atomic mass is 32.1. The fourth-order valence-corrected chi connectivity index (χ4v) is 6.26. The van der Waals surface area contributed by atoms with Gasteiger partial charge in [0.1, 0.15) is 10.7 Å². The Morgan fingerprint density at radius 2 is 2.00 bits per heavy atom. The number of carbonyl (C=O) groups excluding carboxylic acids is 2. The van der Waals surface area contributed by atoms with Crippen LogP contribution >= 0.6 is 11.3 Å². The molecule has 2 N–H and O–H groups in total. The lowest BCUT2D eigenvalue weighted by Crippen LogP contribution is -2.46. The van der Waals surface area contributed by atoms with Crippen molar-refractivity contribution in [2.75, 3.05) is 50.0 Å². The monoisotopic (exact) mass is 454 g/mol. The Kier molecular flexibility index (Phi) is 5.33. The summed E-state index contributed by atoms with van der Waals surface area (Å²) < 4.78 is 0. The average molecular weight is 455 g/mol. The van der Waals surface area contributed by atoms with Crippen LogP contribution in [0, 0.1) is 6.92 Å². The molecule has 170 valence electrons. The van der Waals surface area contributed by atoms with E-state index in [1.54, 1.807) is 24.5 Å². The molecule has 3 amide bonds. The number of nitrogens with one attached hydrogen (secondary N) is 2. The number of hydrogen-bond donors (Lipinski definition) is 2. The maximum absolute atomic E-state index is 12.5. The van der Waals surface area contributed by atoms with Gasteiger partial charge in [0.25, 0.3) is 5.91 Å². The van der Waals surface area contributed by atoms with E-state index in [9.17, 15) is 9.59 Å². The van der Waals surface area contributed by atoms with Crippen molar-refractivity contribution in [1.82, 2.24) is 20.1 Å². The molecule has 0 atom stereocenters. The maximum atomic E-state index is 12.5. The van der Waals surface area contributed by atoms with Crippen LogP contribution in [0.15, 0.2) is 18.2 Å². The van der Waals surface area contributed by atoms with E-state index in [1.165, 1.54) is 10.4 Å². The van der Waals surface area contributed by atoms with Crippen molar-refractivity contribution in [3.05, 3.63) is 40.0 Å². The SMILES string of the molecule is CCN1C(=O)Nc2sc(CN3CCN(c4ccc(C(=O)NC)nc4C)CC3)cc2C12CC2. The predicted octanol–water partition coefficient (Wildman–Crippen LogP) is 2.99. The number of thiophene rings is 1. The first-order valence-corrected chi connectivity index (χ1v) is 12.2. The van der Waals surface area contributed by atoms with Gasteiger partial charge in [-0.05, 0) is 44.9 Å². The first-order valence-electron chi connectivity index (χ1n) is 11.3. The minimum Gasteiger partial charge on any atom is -0.368 e. The van der Waals surface area contributed by atoms with Crippen molar-refractivity contribution in [1.29, 1.82) is 0 Å². The van der Waals surface area contributed by atoms with Crippen molar-refractivity contribution < 1.29 is 9.59 Å². The van der Waals surface area contributed by atoms with Crippen molar-refractivity contribution in [3.63, 3.8) is 0 Å². The molecular weight excluding hydrogens is 424 g/mol. The van der Waals surface area contributed by atoms with Gasteiger partial charge < -0.3 is 15.1 Å². The molecule has 8 nitrogen and oxygen atoms in total. The maximum Gasteiger partial charge on any atom is 0.323 e. The van der Waals surface area contributed by atoms with Crippen LogP contribution in [0.3, 0.4) is 0 Å². The highest BCUT2D eigenvalue weighted by Gasteiger charge is 2.55. The number of carbonyl (C=O) groups is 2. The Hall–Kier alpha value is -2.65. The smallest absolute Gasteiger partial charge is 0.323 e. The molecule has 0 radical (unpaired) electrons. The van der Waals surface area contributed by atoms with E-state index in [0.29, 0.717) is 5.69 Å². The number of anilines is 2. The number of pyridine rings is 1. The van der Waals surface area contributed by atoms with Crippen LogP contribution in [0.1, 0.15) is 46.4 Å². The summed E-state index contributed by atoms with van der Waals surface area (Å²) in [4.78, 5) is 36.9. The number of urea groups is 1. The minimum atomic E-state index is -0.158. The zero-order chi connectivity index (χ0) is 22.5. The standard InChI is InChI=1S/C23H30N6O2S/c1-4-29-22(31)26-21-17(23(29)7-8-23)13-16(32-21)14-27-9-11-28(12-10-27)19-6-5-18(20(30)24-3)25-15(19)2/h5-6,13H,4,7-12,14H2,1-3H3,(H,24,30)(H,26,31). The average Bonchev–Trinajstić information content (AvgIpc) is 3.46. The number of nitrogens with zero attached hydrogens (tertiary/aromatic N) is 4. The highest BCUT2D eigenvalue weighted by molar-refractivity contribution is 7.16. The van der Waals surface area contributed by atoms with Crippen LogP contribution in [0.2, 0.25) is 0 Å². The summed E-state index contributed by atoms with van der Waals surface area (Å²) in [6.07, 6.45) is 2.14. The molecular formula is C23H30N6O2S. The lowest BCUT2D eigenvalue weighted by molar-refractivity contribution is 0.0958. The number of rotatable bonds is 5. The molecule has 2 aromatic rings. The highest BCUT2D eigenvalue weighted by Crippen LogP contribution is 2.57. The number of hydrogen-bond acceptors (Lipinski definition) is 6. The largest absolute Gasteiger partial charge is 0.368 e. The van der Waals surface area contributed by atoms with Gasteiger partial charge in [-0.2, -0.15) is 0 Å². The fourth-order valence-electron chi connectivity index (χ4n) is 5.08. The number of amides is 3. The van der Waals surface area contributed by atoms with Crippen molar-refractivity contribution in [3.8, 4) is 0 Å². The Labute approximate surface area is 192 Å². The Morgan fingerprint density at radius 1 is 1.25 bits per heavy atom. The molecule has 4 heterocycles. The second-order valence-electron chi connectivity index (χ2n) is 8.80. The van der Waals surface area contributed by atoms with Gasteiger partial charge in [-0.1, -0.05) is 0 Å².